The molecule has 1 aliphatic rings. The summed E-state index contributed by atoms with van der Waals surface area (Å²) in [7, 11) is 0. The van der Waals surface area contributed by atoms with Crippen LogP contribution in [0.25, 0.3) is 11.0 Å². The number of piperidine rings is 1. The van der Waals surface area contributed by atoms with Gasteiger partial charge in [0.05, 0.1) is 22.6 Å². The summed E-state index contributed by atoms with van der Waals surface area (Å²) in [6, 6.07) is 7.18. The second kappa shape index (κ2) is 8.24. The van der Waals surface area contributed by atoms with Crippen LogP contribution in [0.2, 0.25) is 10.0 Å². The lowest BCUT2D eigenvalue weighted by Crippen LogP contribution is -2.49. The van der Waals surface area contributed by atoms with Crippen molar-refractivity contribution < 1.29 is 4.79 Å². The summed E-state index contributed by atoms with van der Waals surface area (Å²) < 4.78 is 0. The van der Waals surface area contributed by atoms with Crippen LogP contribution in [-0.4, -0.2) is 46.5 Å². The molecule has 3 aromatic rings. The molecule has 1 fully saturated rings. The molecule has 146 valence electrons. The number of fused-ring (bicyclic) bond motifs is 1. The molecule has 0 bridgehead atoms. The Bertz CT molecular complexity index is 991. The molecule has 1 aromatic carbocycles. The van der Waals surface area contributed by atoms with Crippen molar-refractivity contribution >= 4 is 51.6 Å². The highest BCUT2D eigenvalue weighted by Gasteiger charge is 2.23. The van der Waals surface area contributed by atoms with Crippen LogP contribution in [0.3, 0.4) is 0 Å². The van der Waals surface area contributed by atoms with E-state index in [-0.39, 0.29) is 18.5 Å². The van der Waals surface area contributed by atoms with Gasteiger partial charge in [-0.1, -0.05) is 23.2 Å². The minimum Gasteiger partial charge on any atom is -0.375 e. The summed E-state index contributed by atoms with van der Waals surface area (Å²) in [6.45, 7) is 1.76. The van der Waals surface area contributed by atoms with E-state index in [0.717, 1.165) is 36.2 Å². The maximum Gasteiger partial charge on any atom is 0.239 e. The Morgan fingerprint density at radius 2 is 2.18 bits per heavy atom. The molecule has 2 aromatic heterocycles. The van der Waals surface area contributed by atoms with Crippen LogP contribution < -0.4 is 15.5 Å². The number of H-pyrrole nitrogens is 1. The van der Waals surface area contributed by atoms with E-state index in [2.05, 4.69) is 30.5 Å². The Morgan fingerprint density at radius 3 is 3.04 bits per heavy atom. The third kappa shape index (κ3) is 4.15. The van der Waals surface area contributed by atoms with E-state index in [4.69, 9.17) is 23.2 Å². The molecular formula is C19H20Cl2N6O. The van der Waals surface area contributed by atoms with Gasteiger partial charge >= 0.3 is 0 Å². The van der Waals surface area contributed by atoms with E-state index in [1.165, 1.54) is 0 Å². The molecule has 0 unspecified atom stereocenters. The number of carbonyl (C=O) groups is 1. The Kier molecular flexibility index (Phi) is 5.54. The molecule has 28 heavy (non-hydrogen) atoms. The highest BCUT2D eigenvalue weighted by atomic mass is 35.5. The average Bonchev–Trinajstić information content (AvgIpc) is 3.16. The molecule has 3 heterocycles. The fourth-order valence-corrected chi connectivity index (χ4v) is 3.96. The van der Waals surface area contributed by atoms with Gasteiger partial charge in [0.25, 0.3) is 0 Å². The Balaban J connectivity index is 1.36. The number of anilines is 2. The highest BCUT2D eigenvalue weighted by molar-refractivity contribution is 6.36. The average molecular weight is 419 g/mol. The lowest BCUT2D eigenvalue weighted by Gasteiger charge is -2.34. The van der Waals surface area contributed by atoms with Crippen molar-refractivity contribution in [2.45, 2.75) is 18.9 Å². The molecule has 0 saturated carbocycles. The third-order valence-corrected chi connectivity index (χ3v) is 5.34. The quantitative estimate of drug-likeness (QED) is 0.590. The number of hydrogen-bond acceptors (Lipinski definition) is 5. The topological polar surface area (TPSA) is 85.9 Å². The van der Waals surface area contributed by atoms with Gasteiger partial charge in [-0.3, -0.25) is 4.79 Å². The second-order valence-electron chi connectivity index (χ2n) is 6.77. The van der Waals surface area contributed by atoms with Crippen LogP contribution in [0.15, 0.2) is 36.8 Å². The second-order valence-corrected chi connectivity index (χ2v) is 7.61. The predicted molar refractivity (Wildman–Crippen MR) is 112 cm³/mol. The molecule has 4 rings (SSSR count). The smallest absolute Gasteiger partial charge is 0.239 e. The van der Waals surface area contributed by atoms with E-state index in [9.17, 15) is 4.79 Å². The first-order valence-electron chi connectivity index (χ1n) is 9.11. The van der Waals surface area contributed by atoms with Crippen molar-refractivity contribution in [1.29, 1.82) is 0 Å². The summed E-state index contributed by atoms with van der Waals surface area (Å²) in [4.78, 5) is 26.4. The Hall–Kier alpha value is -2.51. The molecule has 0 aliphatic carbocycles. The van der Waals surface area contributed by atoms with Crippen LogP contribution in [0, 0.1) is 0 Å². The summed E-state index contributed by atoms with van der Waals surface area (Å²) in [5, 5.41) is 8.19. The van der Waals surface area contributed by atoms with Gasteiger partial charge in [0.15, 0.2) is 0 Å². The zero-order valence-electron chi connectivity index (χ0n) is 15.1. The van der Waals surface area contributed by atoms with Crippen molar-refractivity contribution in [2.24, 2.45) is 0 Å². The first kappa shape index (κ1) is 18.8. The van der Waals surface area contributed by atoms with Crippen molar-refractivity contribution in [3.8, 4) is 0 Å². The molecule has 1 atom stereocenters. The molecule has 0 radical (unpaired) electrons. The Labute approximate surface area is 172 Å². The summed E-state index contributed by atoms with van der Waals surface area (Å²) >= 11 is 12.0. The van der Waals surface area contributed by atoms with Crippen molar-refractivity contribution in [2.75, 3.05) is 29.9 Å². The maximum atomic E-state index is 12.4. The number of nitrogens with one attached hydrogen (secondary N) is 3. The summed E-state index contributed by atoms with van der Waals surface area (Å²) in [5.74, 6) is 0.823. The molecule has 7 nitrogen and oxygen atoms in total. The fraction of sp³-hybridized carbons (Fsp3) is 0.316. The molecule has 0 spiro atoms. The number of aromatic nitrogens is 3. The van der Waals surface area contributed by atoms with E-state index in [1.807, 2.05) is 12.3 Å². The number of amides is 1. The molecule has 3 N–H and O–H groups in total. The molecule has 1 aliphatic heterocycles. The molecule has 1 amide bonds. The minimum atomic E-state index is -0.0765. The van der Waals surface area contributed by atoms with Crippen molar-refractivity contribution in [1.82, 2.24) is 20.3 Å². The van der Waals surface area contributed by atoms with Crippen LogP contribution in [0.5, 0.6) is 0 Å². The van der Waals surface area contributed by atoms with Gasteiger partial charge in [0.2, 0.25) is 5.91 Å². The van der Waals surface area contributed by atoms with E-state index in [0.29, 0.717) is 22.3 Å². The minimum absolute atomic E-state index is 0.0627. The lowest BCUT2D eigenvalue weighted by molar-refractivity contribution is -0.120. The number of aromatic amines is 1. The standard InChI is InChI=1S/C19H20Cl2N6O/c20-12-3-4-16(15(21)8-12)23-9-17(28)26-13-2-1-7-27(10-13)19-14-5-6-22-18(14)24-11-25-19/h3-6,8,11,13,23H,1-2,7,9-10H2,(H,26,28)(H,22,24,25)/t13-/m1/s1. The van der Waals surface area contributed by atoms with Crippen molar-refractivity contribution in [3.05, 3.63) is 46.8 Å². The largest absolute Gasteiger partial charge is 0.375 e. The summed E-state index contributed by atoms with van der Waals surface area (Å²) in [5.41, 5.74) is 1.50. The van der Waals surface area contributed by atoms with Crippen LogP contribution in [-0.2, 0) is 4.79 Å². The predicted octanol–water partition coefficient (Wildman–Crippen LogP) is 3.46. The zero-order valence-corrected chi connectivity index (χ0v) is 16.6. The van der Waals surface area contributed by atoms with Gasteiger partial charge in [-0.2, -0.15) is 0 Å². The van der Waals surface area contributed by atoms with E-state index < -0.39 is 0 Å². The maximum absolute atomic E-state index is 12.4. The number of nitrogens with zero attached hydrogens (tertiary/aromatic N) is 3. The number of benzene rings is 1. The molecular weight excluding hydrogens is 399 g/mol. The van der Waals surface area contributed by atoms with Crippen molar-refractivity contribution in [3.63, 3.8) is 0 Å². The van der Waals surface area contributed by atoms with Gasteiger partial charge in [-0.05, 0) is 37.1 Å². The van der Waals surface area contributed by atoms with Crippen LogP contribution in [0.4, 0.5) is 11.5 Å². The molecule has 1 saturated heterocycles. The van der Waals surface area contributed by atoms with E-state index >= 15 is 0 Å². The highest BCUT2D eigenvalue weighted by Crippen LogP contribution is 2.26. The Morgan fingerprint density at radius 1 is 1.29 bits per heavy atom. The van der Waals surface area contributed by atoms with Crippen LogP contribution >= 0.6 is 23.2 Å². The van der Waals surface area contributed by atoms with Gasteiger partial charge in [-0.15, -0.1) is 0 Å². The van der Waals surface area contributed by atoms with Gasteiger partial charge < -0.3 is 20.5 Å². The number of halogens is 2. The zero-order chi connectivity index (χ0) is 19.5. The SMILES string of the molecule is O=C(CNc1ccc(Cl)cc1Cl)N[C@@H]1CCCN(c2ncnc3[nH]ccc23)C1. The number of carbonyl (C=O) groups excluding carboxylic acids is 1. The molecule has 9 heteroatoms. The van der Waals surface area contributed by atoms with Gasteiger partial charge in [0.1, 0.15) is 17.8 Å². The third-order valence-electron chi connectivity index (χ3n) is 4.79. The van der Waals surface area contributed by atoms with Crippen LogP contribution in [0.1, 0.15) is 12.8 Å². The van der Waals surface area contributed by atoms with Gasteiger partial charge in [-0.25, -0.2) is 9.97 Å². The van der Waals surface area contributed by atoms with Gasteiger partial charge in [0, 0.05) is 30.4 Å². The first-order valence-corrected chi connectivity index (χ1v) is 9.87. The fourth-order valence-electron chi connectivity index (χ4n) is 3.49. The monoisotopic (exact) mass is 418 g/mol. The summed E-state index contributed by atoms with van der Waals surface area (Å²) in [6.07, 6.45) is 5.35. The first-order chi connectivity index (χ1) is 13.6. The number of rotatable bonds is 5. The lowest BCUT2D eigenvalue weighted by atomic mass is 10.1. The normalized spacial score (nSPS) is 16.9. The van der Waals surface area contributed by atoms with E-state index in [1.54, 1.807) is 24.5 Å². The number of hydrogen-bond donors (Lipinski definition) is 3.